The highest BCUT2D eigenvalue weighted by molar-refractivity contribution is 7.90. The van der Waals surface area contributed by atoms with Crippen molar-refractivity contribution in [3.8, 4) is 11.3 Å². The number of rotatable bonds is 6. The van der Waals surface area contributed by atoms with Crippen LogP contribution in [-0.2, 0) is 34.3 Å². The molecule has 1 atom stereocenters. The van der Waals surface area contributed by atoms with Crippen LogP contribution in [-0.4, -0.2) is 36.9 Å². The van der Waals surface area contributed by atoms with Crippen molar-refractivity contribution in [1.82, 2.24) is 14.9 Å². The second-order valence-corrected chi connectivity index (χ2v) is 9.06. The predicted octanol–water partition coefficient (Wildman–Crippen LogP) is 2.64. The summed E-state index contributed by atoms with van der Waals surface area (Å²) in [5, 5.41) is 3.39. The first-order valence-corrected chi connectivity index (χ1v) is 11.1. The van der Waals surface area contributed by atoms with E-state index >= 15 is 0 Å². The molecule has 4 rings (SSSR count). The van der Waals surface area contributed by atoms with Gasteiger partial charge in [0.2, 0.25) is 0 Å². The first-order chi connectivity index (χ1) is 13.5. The van der Waals surface area contributed by atoms with Gasteiger partial charge in [-0.25, -0.2) is 13.4 Å². The maximum Gasteiger partial charge on any atom is 0.175 e. The van der Waals surface area contributed by atoms with Gasteiger partial charge >= 0.3 is 0 Å². The third-order valence-corrected chi connectivity index (χ3v) is 5.96. The number of benzene rings is 2. The number of hydrogen-bond donors (Lipinski definition) is 1. The highest BCUT2D eigenvalue weighted by Crippen LogP contribution is 2.22. The Labute approximate surface area is 165 Å². The molecule has 0 fully saturated rings. The topological polar surface area (TPSA) is 73.2 Å². The fourth-order valence-corrected chi connectivity index (χ4v) is 3.93. The van der Waals surface area contributed by atoms with Gasteiger partial charge in [-0.05, 0) is 17.7 Å². The van der Waals surface area contributed by atoms with E-state index in [1.54, 1.807) is 12.1 Å². The standard InChI is InChI=1S/C21H23N3O3S/c1-28(25,26)19-9-7-16(8-10-19)11-22-12-18-13-24-14-20(23-21(24)15-27-18)17-5-3-2-4-6-17/h2-10,14,18,22H,11-13,15H2,1H3. The van der Waals surface area contributed by atoms with Crippen molar-refractivity contribution in [2.45, 2.75) is 30.7 Å². The Kier molecular flexibility index (Phi) is 5.30. The van der Waals surface area contributed by atoms with E-state index in [1.165, 1.54) is 6.26 Å². The summed E-state index contributed by atoms with van der Waals surface area (Å²) >= 11 is 0. The highest BCUT2D eigenvalue weighted by atomic mass is 32.2. The molecule has 0 radical (unpaired) electrons. The van der Waals surface area contributed by atoms with E-state index in [-0.39, 0.29) is 6.10 Å². The van der Waals surface area contributed by atoms with Crippen molar-refractivity contribution >= 4 is 9.84 Å². The molecule has 1 N–H and O–H groups in total. The van der Waals surface area contributed by atoms with Gasteiger partial charge in [0.25, 0.3) is 0 Å². The molecule has 3 aromatic rings. The van der Waals surface area contributed by atoms with Crippen molar-refractivity contribution in [1.29, 1.82) is 0 Å². The summed E-state index contributed by atoms with van der Waals surface area (Å²) in [7, 11) is -3.15. The van der Waals surface area contributed by atoms with Gasteiger partial charge in [0.1, 0.15) is 12.4 Å². The third-order valence-electron chi connectivity index (χ3n) is 4.83. The van der Waals surface area contributed by atoms with Crippen molar-refractivity contribution in [3.63, 3.8) is 0 Å². The molecule has 0 saturated heterocycles. The van der Waals surface area contributed by atoms with Crippen LogP contribution in [0.5, 0.6) is 0 Å². The zero-order valence-corrected chi connectivity index (χ0v) is 16.5. The fourth-order valence-electron chi connectivity index (χ4n) is 3.30. The number of imidazole rings is 1. The van der Waals surface area contributed by atoms with Crippen molar-refractivity contribution in [2.24, 2.45) is 0 Å². The Morgan fingerprint density at radius 1 is 1.14 bits per heavy atom. The molecule has 1 aliphatic rings. The van der Waals surface area contributed by atoms with Crippen LogP contribution in [0, 0.1) is 0 Å². The number of nitrogens with one attached hydrogen (secondary N) is 1. The van der Waals surface area contributed by atoms with Crippen LogP contribution >= 0.6 is 0 Å². The maximum absolute atomic E-state index is 11.5. The van der Waals surface area contributed by atoms with Crippen LogP contribution < -0.4 is 5.32 Å². The number of ether oxygens (including phenoxy) is 1. The van der Waals surface area contributed by atoms with Gasteiger partial charge in [0, 0.05) is 31.1 Å². The molecule has 2 heterocycles. The van der Waals surface area contributed by atoms with Crippen LogP contribution in [0.3, 0.4) is 0 Å². The van der Waals surface area contributed by atoms with Crippen LogP contribution in [0.1, 0.15) is 11.4 Å². The van der Waals surface area contributed by atoms with E-state index in [1.807, 2.05) is 30.3 Å². The lowest BCUT2D eigenvalue weighted by molar-refractivity contribution is 0.00278. The van der Waals surface area contributed by atoms with Gasteiger partial charge in [0.05, 0.1) is 23.2 Å². The van der Waals surface area contributed by atoms with Crippen LogP contribution in [0.15, 0.2) is 65.7 Å². The minimum Gasteiger partial charge on any atom is -0.367 e. The lowest BCUT2D eigenvalue weighted by Gasteiger charge is -2.24. The largest absolute Gasteiger partial charge is 0.367 e. The second kappa shape index (κ2) is 7.87. The average molecular weight is 398 g/mol. The summed E-state index contributed by atoms with van der Waals surface area (Å²) in [5.41, 5.74) is 3.12. The van der Waals surface area contributed by atoms with Crippen molar-refractivity contribution in [2.75, 3.05) is 12.8 Å². The summed E-state index contributed by atoms with van der Waals surface area (Å²) in [4.78, 5) is 5.02. The van der Waals surface area contributed by atoms with Crippen LogP contribution in [0.4, 0.5) is 0 Å². The summed E-state index contributed by atoms with van der Waals surface area (Å²) in [6.07, 6.45) is 3.37. The number of aromatic nitrogens is 2. The van der Waals surface area contributed by atoms with Crippen LogP contribution in [0.2, 0.25) is 0 Å². The van der Waals surface area contributed by atoms with Crippen molar-refractivity contribution < 1.29 is 13.2 Å². The molecule has 0 aliphatic carbocycles. The first-order valence-electron chi connectivity index (χ1n) is 9.22. The second-order valence-electron chi connectivity index (χ2n) is 7.04. The zero-order chi connectivity index (χ0) is 19.6. The zero-order valence-electron chi connectivity index (χ0n) is 15.7. The molecular weight excluding hydrogens is 374 g/mol. The molecule has 0 bridgehead atoms. The lowest BCUT2D eigenvalue weighted by Crippen LogP contribution is -2.35. The minimum absolute atomic E-state index is 0.0700. The fraction of sp³-hybridized carbons (Fsp3) is 0.286. The first kappa shape index (κ1) is 18.9. The Morgan fingerprint density at radius 3 is 2.61 bits per heavy atom. The molecule has 1 aliphatic heterocycles. The van der Waals surface area contributed by atoms with Crippen LogP contribution in [0.25, 0.3) is 11.3 Å². The summed E-state index contributed by atoms with van der Waals surface area (Å²) in [6.45, 7) is 2.64. The summed E-state index contributed by atoms with van der Waals surface area (Å²) in [5.74, 6) is 0.950. The maximum atomic E-state index is 11.5. The van der Waals surface area contributed by atoms with Gasteiger partial charge in [0.15, 0.2) is 9.84 Å². The van der Waals surface area contributed by atoms with Crippen molar-refractivity contribution in [3.05, 3.63) is 72.2 Å². The molecule has 0 saturated carbocycles. The quantitative estimate of drug-likeness (QED) is 0.692. The summed E-state index contributed by atoms with van der Waals surface area (Å²) < 4.78 is 31.1. The van der Waals surface area contributed by atoms with E-state index in [4.69, 9.17) is 4.74 Å². The number of nitrogens with zero attached hydrogens (tertiary/aromatic N) is 2. The summed E-state index contributed by atoms with van der Waals surface area (Å²) in [6, 6.07) is 17.1. The van der Waals surface area contributed by atoms with E-state index in [2.05, 4.69) is 33.2 Å². The van der Waals surface area contributed by atoms with Gasteiger partial charge in [-0.15, -0.1) is 0 Å². The molecule has 7 heteroatoms. The monoisotopic (exact) mass is 397 g/mol. The SMILES string of the molecule is CS(=O)(=O)c1ccc(CNCC2Cn3cc(-c4ccccc4)nc3CO2)cc1. The number of hydrogen-bond acceptors (Lipinski definition) is 5. The molecular formula is C21H23N3O3S. The molecule has 0 spiro atoms. The minimum atomic E-state index is -3.15. The number of sulfone groups is 1. The Bertz CT molecular complexity index is 1040. The molecule has 28 heavy (non-hydrogen) atoms. The molecule has 0 amide bonds. The Morgan fingerprint density at radius 2 is 1.89 bits per heavy atom. The lowest BCUT2D eigenvalue weighted by atomic mass is 10.2. The van der Waals surface area contributed by atoms with Gasteiger partial charge in [-0.3, -0.25) is 0 Å². The molecule has 146 valence electrons. The molecule has 6 nitrogen and oxygen atoms in total. The predicted molar refractivity (Wildman–Crippen MR) is 107 cm³/mol. The molecule has 1 unspecified atom stereocenters. The smallest absolute Gasteiger partial charge is 0.175 e. The van der Waals surface area contributed by atoms with Gasteiger partial charge in [-0.1, -0.05) is 42.5 Å². The molecule has 1 aromatic heterocycles. The highest BCUT2D eigenvalue weighted by Gasteiger charge is 2.21. The van der Waals surface area contributed by atoms with E-state index in [9.17, 15) is 8.42 Å². The number of fused-ring (bicyclic) bond motifs is 1. The molecule has 2 aromatic carbocycles. The van der Waals surface area contributed by atoms with Gasteiger partial charge in [-0.2, -0.15) is 0 Å². The van der Waals surface area contributed by atoms with Gasteiger partial charge < -0.3 is 14.6 Å². The third kappa shape index (κ3) is 4.32. The van der Waals surface area contributed by atoms with E-state index in [0.29, 0.717) is 24.6 Å². The van der Waals surface area contributed by atoms with E-state index < -0.39 is 9.84 Å². The Hall–Kier alpha value is -2.48. The average Bonchev–Trinajstić information content (AvgIpc) is 3.12. The normalized spacial score (nSPS) is 16.7. The van der Waals surface area contributed by atoms with E-state index in [0.717, 1.165) is 29.2 Å². The Balaban J connectivity index is 1.32.